The monoisotopic (exact) mass is 334 g/mol. The fourth-order valence-electron chi connectivity index (χ4n) is 1.97. The summed E-state index contributed by atoms with van der Waals surface area (Å²) in [6.07, 6.45) is 1.35. The molecular formula is C15H18N4O5. The number of hydrogen-bond donors (Lipinski definition) is 1. The molecule has 1 aromatic carbocycles. The van der Waals surface area contributed by atoms with Gasteiger partial charge < -0.3 is 19.5 Å². The third kappa shape index (κ3) is 4.22. The van der Waals surface area contributed by atoms with Crippen LogP contribution in [-0.4, -0.2) is 48.2 Å². The average molecular weight is 334 g/mol. The molecule has 0 bridgehead atoms. The summed E-state index contributed by atoms with van der Waals surface area (Å²) in [5.41, 5.74) is 0.903. The summed E-state index contributed by atoms with van der Waals surface area (Å²) in [6.45, 7) is 0.259. The topological polar surface area (TPSA) is 105 Å². The minimum Gasteiger partial charge on any atom is -0.493 e. The molecule has 0 spiro atoms. The highest BCUT2D eigenvalue weighted by molar-refractivity contribution is 5.86. The van der Waals surface area contributed by atoms with Crippen LogP contribution in [0, 0.1) is 0 Å². The van der Waals surface area contributed by atoms with Crippen molar-refractivity contribution in [3.05, 3.63) is 35.7 Å². The predicted octanol–water partition coefficient (Wildman–Crippen LogP) is 0.398. The van der Waals surface area contributed by atoms with Crippen LogP contribution in [0.25, 0.3) is 0 Å². The number of aromatic nitrogens is 3. The minimum atomic E-state index is -0.605. The molecule has 0 fully saturated rings. The Balaban J connectivity index is 1.91. The molecule has 24 heavy (non-hydrogen) atoms. The molecule has 9 nitrogen and oxygen atoms in total. The second-order valence-electron chi connectivity index (χ2n) is 4.76. The number of esters is 1. The highest BCUT2D eigenvalue weighted by atomic mass is 16.5. The van der Waals surface area contributed by atoms with Crippen LogP contribution in [0.2, 0.25) is 0 Å². The second kappa shape index (κ2) is 7.95. The van der Waals surface area contributed by atoms with Gasteiger partial charge in [-0.05, 0) is 17.7 Å². The fraction of sp³-hybridized carbons (Fsp3) is 0.333. The van der Waals surface area contributed by atoms with E-state index in [1.807, 2.05) is 6.07 Å². The molecule has 0 unspecified atom stereocenters. The number of hydrogen-bond acceptors (Lipinski definition) is 7. The Labute approximate surface area is 138 Å². The first-order valence-electron chi connectivity index (χ1n) is 7.03. The van der Waals surface area contributed by atoms with E-state index in [1.165, 1.54) is 18.0 Å². The highest BCUT2D eigenvalue weighted by Gasteiger charge is 2.12. The molecule has 1 N–H and O–H groups in total. The zero-order valence-electron chi connectivity index (χ0n) is 13.6. The van der Waals surface area contributed by atoms with Gasteiger partial charge in [-0.25, -0.2) is 9.48 Å². The maximum Gasteiger partial charge on any atom is 0.360 e. The molecule has 0 radical (unpaired) electrons. The van der Waals surface area contributed by atoms with E-state index >= 15 is 0 Å². The van der Waals surface area contributed by atoms with Crippen LogP contribution in [0.5, 0.6) is 11.5 Å². The summed E-state index contributed by atoms with van der Waals surface area (Å²) in [7, 11) is 4.35. The van der Waals surface area contributed by atoms with Crippen LogP contribution >= 0.6 is 0 Å². The third-order valence-electron chi connectivity index (χ3n) is 3.18. The van der Waals surface area contributed by atoms with Gasteiger partial charge in [0.1, 0.15) is 6.54 Å². The first-order valence-corrected chi connectivity index (χ1v) is 7.03. The van der Waals surface area contributed by atoms with Crippen LogP contribution in [0.15, 0.2) is 24.4 Å². The zero-order chi connectivity index (χ0) is 17.5. The van der Waals surface area contributed by atoms with Gasteiger partial charge in [0, 0.05) is 6.54 Å². The van der Waals surface area contributed by atoms with Crippen molar-refractivity contribution in [1.29, 1.82) is 0 Å². The first-order chi connectivity index (χ1) is 11.6. The van der Waals surface area contributed by atoms with Gasteiger partial charge in [-0.1, -0.05) is 11.3 Å². The summed E-state index contributed by atoms with van der Waals surface area (Å²) in [5, 5.41) is 10.1. The number of rotatable bonds is 7. The van der Waals surface area contributed by atoms with E-state index in [1.54, 1.807) is 26.4 Å². The number of carbonyl (C=O) groups is 2. The average Bonchev–Trinajstić information content (AvgIpc) is 3.07. The minimum absolute atomic E-state index is 0.0465. The number of nitrogens with one attached hydrogen (secondary N) is 1. The molecule has 1 amide bonds. The van der Waals surface area contributed by atoms with Gasteiger partial charge in [0.15, 0.2) is 17.2 Å². The van der Waals surface area contributed by atoms with E-state index in [2.05, 4.69) is 20.4 Å². The van der Waals surface area contributed by atoms with Crippen LogP contribution in [0.1, 0.15) is 16.1 Å². The van der Waals surface area contributed by atoms with Crippen LogP contribution in [0.3, 0.4) is 0 Å². The predicted molar refractivity (Wildman–Crippen MR) is 82.8 cm³/mol. The number of nitrogens with zero attached hydrogens (tertiary/aromatic N) is 3. The number of carbonyl (C=O) groups excluding carboxylic acids is 2. The van der Waals surface area contributed by atoms with Crippen molar-refractivity contribution in [2.45, 2.75) is 13.1 Å². The Morgan fingerprint density at radius 3 is 2.58 bits per heavy atom. The second-order valence-corrected chi connectivity index (χ2v) is 4.76. The maximum atomic E-state index is 11.9. The summed E-state index contributed by atoms with van der Waals surface area (Å²) in [6, 6.07) is 5.37. The molecule has 0 aliphatic carbocycles. The van der Waals surface area contributed by atoms with Gasteiger partial charge >= 0.3 is 5.97 Å². The van der Waals surface area contributed by atoms with Crippen LogP contribution in [0.4, 0.5) is 0 Å². The normalized spacial score (nSPS) is 10.1. The van der Waals surface area contributed by atoms with E-state index in [9.17, 15) is 9.59 Å². The Kier molecular flexibility index (Phi) is 5.72. The summed E-state index contributed by atoms with van der Waals surface area (Å²) in [4.78, 5) is 23.2. The Morgan fingerprint density at radius 2 is 1.92 bits per heavy atom. The lowest BCUT2D eigenvalue weighted by atomic mass is 10.2. The zero-order valence-corrected chi connectivity index (χ0v) is 13.6. The SMILES string of the molecule is COC(=O)c1cn(CC(=O)NCc2ccc(OC)c(OC)c2)nn1. The van der Waals surface area contributed by atoms with E-state index in [0.717, 1.165) is 5.56 Å². The quantitative estimate of drug-likeness (QED) is 0.731. The van der Waals surface area contributed by atoms with Crippen LogP contribution in [-0.2, 0) is 22.6 Å². The maximum absolute atomic E-state index is 11.9. The van der Waals surface area contributed by atoms with Crippen molar-refractivity contribution in [1.82, 2.24) is 20.3 Å². The molecule has 0 saturated heterocycles. The van der Waals surface area contributed by atoms with Gasteiger partial charge in [-0.2, -0.15) is 0 Å². The van der Waals surface area contributed by atoms with Crippen molar-refractivity contribution in [2.75, 3.05) is 21.3 Å². The smallest absolute Gasteiger partial charge is 0.360 e. The molecule has 2 aromatic rings. The van der Waals surface area contributed by atoms with Crippen molar-refractivity contribution in [3.8, 4) is 11.5 Å². The summed E-state index contributed by atoms with van der Waals surface area (Å²) in [5.74, 6) is 0.326. The van der Waals surface area contributed by atoms with Gasteiger partial charge in [0.25, 0.3) is 0 Å². The number of benzene rings is 1. The lowest BCUT2D eigenvalue weighted by molar-refractivity contribution is -0.122. The lowest BCUT2D eigenvalue weighted by Gasteiger charge is -2.10. The molecule has 0 atom stereocenters. The van der Waals surface area contributed by atoms with Crippen molar-refractivity contribution < 1.29 is 23.8 Å². The molecule has 2 rings (SSSR count). The van der Waals surface area contributed by atoms with Gasteiger partial charge in [-0.15, -0.1) is 5.10 Å². The van der Waals surface area contributed by atoms with Gasteiger partial charge in [-0.3, -0.25) is 4.79 Å². The third-order valence-corrected chi connectivity index (χ3v) is 3.18. The number of methoxy groups -OCH3 is 3. The fourth-order valence-corrected chi connectivity index (χ4v) is 1.97. The Hall–Kier alpha value is -3.10. The van der Waals surface area contributed by atoms with Crippen molar-refractivity contribution >= 4 is 11.9 Å². The summed E-state index contributed by atoms with van der Waals surface area (Å²) >= 11 is 0. The number of amides is 1. The van der Waals surface area contributed by atoms with E-state index in [-0.39, 0.29) is 18.1 Å². The molecule has 0 aliphatic rings. The lowest BCUT2D eigenvalue weighted by Crippen LogP contribution is -2.27. The van der Waals surface area contributed by atoms with Gasteiger partial charge in [0.05, 0.1) is 27.5 Å². The molecule has 9 heteroatoms. The molecule has 0 saturated carbocycles. The van der Waals surface area contributed by atoms with Crippen molar-refractivity contribution in [2.24, 2.45) is 0 Å². The molecule has 0 aliphatic heterocycles. The highest BCUT2D eigenvalue weighted by Crippen LogP contribution is 2.27. The largest absolute Gasteiger partial charge is 0.493 e. The molecular weight excluding hydrogens is 316 g/mol. The molecule has 1 aromatic heterocycles. The summed E-state index contributed by atoms with van der Waals surface area (Å²) < 4.78 is 16.2. The van der Waals surface area contributed by atoms with Gasteiger partial charge in [0.2, 0.25) is 5.91 Å². The Morgan fingerprint density at radius 1 is 1.17 bits per heavy atom. The van der Waals surface area contributed by atoms with E-state index in [4.69, 9.17) is 9.47 Å². The molecule has 1 heterocycles. The first kappa shape index (κ1) is 17.3. The Bertz CT molecular complexity index is 728. The van der Waals surface area contributed by atoms with E-state index in [0.29, 0.717) is 18.0 Å². The van der Waals surface area contributed by atoms with E-state index < -0.39 is 5.97 Å². The molecule has 128 valence electrons. The standard InChI is InChI=1S/C15H18N4O5/c1-22-12-5-4-10(6-13(12)23-2)7-16-14(20)9-19-8-11(17-18-19)15(21)24-3/h4-6,8H,7,9H2,1-3H3,(H,16,20). The van der Waals surface area contributed by atoms with Crippen molar-refractivity contribution in [3.63, 3.8) is 0 Å². The number of ether oxygens (including phenoxy) is 3. The van der Waals surface area contributed by atoms with Crippen LogP contribution < -0.4 is 14.8 Å².